The van der Waals surface area contributed by atoms with E-state index in [1.165, 1.54) is 19.3 Å². The molecule has 8 rings (SSSR count). The molecule has 2 aromatic heterocycles. The molecule has 12 heteroatoms. The number of aryl methyl sites for hydroxylation is 4. The van der Waals surface area contributed by atoms with Crippen molar-refractivity contribution in [1.29, 1.82) is 0 Å². The Morgan fingerprint density at radius 3 is 1.80 bits per heavy atom. The zero-order valence-electron chi connectivity index (χ0n) is 39.3. The van der Waals surface area contributed by atoms with Gasteiger partial charge in [-0.2, -0.15) is 0 Å². The number of nitrogens with zero attached hydrogens (tertiary/aromatic N) is 6. The van der Waals surface area contributed by atoms with Gasteiger partial charge in [-0.3, -0.25) is 9.80 Å². The minimum atomic E-state index is -0.355. The SMILES string of the molecule is CCCOc1ccc2nc(CN3CCC(CCOC(=O)COc4ccc5c(c4)nc(CN4CCCCC4)n5CCOc4c(C)cccc4C)CC3)n(CCOc3c(C)cccc3C)c2c1. The molecule has 2 aliphatic rings. The van der Waals surface area contributed by atoms with E-state index in [1.807, 2.05) is 24.3 Å². The summed E-state index contributed by atoms with van der Waals surface area (Å²) in [6.45, 7) is 19.5. The van der Waals surface area contributed by atoms with Crippen molar-refractivity contribution in [3.8, 4) is 23.0 Å². The second kappa shape index (κ2) is 22.1. The molecule has 346 valence electrons. The maximum atomic E-state index is 12.9. The molecule has 6 aromatic rings. The summed E-state index contributed by atoms with van der Waals surface area (Å²) in [5.74, 6) is 5.57. The lowest BCUT2D eigenvalue weighted by molar-refractivity contribution is -0.146. The number of ether oxygens (including phenoxy) is 5. The van der Waals surface area contributed by atoms with E-state index >= 15 is 0 Å². The largest absolute Gasteiger partial charge is 0.494 e. The molecule has 0 amide bonds. The molecule has 65 heavy (non-hydrogen) atoms. The van der Waals surface area contributed by atoms with E-state index < -0.39 is 0 Å². The highest BCUT2D eigenvalue weighted by atomic mass is 16.6. The Morgan fingerprint density at radius 1 is 0.600 bits per heavy atom. The molecule has 2 saturated heterocycles. The quantitative estimate of drug-likeness (QED) is 0.0649. The lowest BCUT2D eigenvalue weighted by atomic mass is 9.94. The Morgan fingerprint density at radius 2 is 1.17 bits per heavy atom. The average Bonchev–Trinajstić information content (AvgIpc) is 3.83. The smallest absolute Gasteiger partial charge is 0.344 e. The van der Waals surface area contributed by atoms with E-state index in [4.69, 9.17) is 33.7 Å². The monoisotopic (exact) mass is 885 g/mol. The van der Waals surface area contributed by atoms with Crippen molar-refractivity contribution in [3.63, 3.8) is 0 Å². The third-order valence-electron chi connectivity index (χ3n) is 13.0. The van der Waals surface area contributed by atoms with E-state index in [2.05, 4.69) is 102 Å². The molecule has 0 aliphatic carbocycles. The minimum Gasteiger partial charge on any atom is -0.494 e. The third kappa shape index (κ3) is 11.8. The van der Waals surface area contributed by atoms with E-state index in [0.717, 1.165) is 138 Å². The van der Waals surface area contributed by atoms with Crippen LogP contribution in [0.15, 0.2) is 72.8 Å². The highest BCUT2D eigenvalue weighted by Gasteiger charge is 2.23. The molecule has 0 spiro atoms. The number of carbonyl (C=O) groups is 1. The van der Waals surface area contributed by atoms with Gasteiger partial charge in [0.1, 0.15) is 47.9 Å². The normalized spacial score (nSPS) is 15.2. The first-order valence-corrected chi connectivity index (χ1v) is 23.9. The first kappa shape index (κ1) is 46.0. The number of carbonyl (C=O) groups excluding carboxylic acids is 1. The molecule has 0 radical (unpaired) electrons. The molecule has 4 heterocycles. The summed E-state index contributed by atoms with van der Waals surface area (Å²) in [5, 5.41) is 0. The number of esters is 1. The summed E-state index contributed by atoms with van der Waals surface area (Å²) in [4.78, 5) is 28.1. The lowest BCUT2D eigenvalue weighted by Crippen LogP contribution is -2.34. The van der Waals surface area contributed by atoms with Crippen LogP contribution >= 0.6 is 0 Å². The fourth-order valence-corrected chi connectivity index (χ4v) is 9.46. The number of likely N-dealkylation sites (tertiary alicyclic amines) is 2. The van der Waals surface area contributed by atoms with Gasteiger partial charge in [0.25, 0.3) is 0 Å². The Bertz CT molecular complexity index is 2480. The predicted octanol–water partition coefficient (Wildman–Crippen LogP) is 9.78. The van der Waals surface area contributed by atoms with E-state index in [-0.39, 0.29) is 12.6 Å². The topological polar surface area (TPSA) is 105 Å². The maximum absolute atomic E-state index is 12.9. The average molecular weight is 885 g/mol. The second-order valence-electron chi connectivity index (χ2n) is 18.0. The summed E-state index contributed by atoms with van der Waals surface area (Å²) in [7, 11) is 0. The number of fused-ring (bicyclic) bond motifs is 2. The number of hydrogen-bond acceptors (Lipinski definition) is 10. The van der Waals surface area contributed by atoms with Gasteiger partial charge in [-0.25, -0.2) is 14.8 Å². The Kier molecular flexibility index (Phi) is 15.6. The van der Waals surface area contributed by atoms with Crippen molar-refractivity contribution in [2.24, 2.45) is 5.92 Å². The lowest BCUT2D eigenvalue weighted by Gasteiger charge is -2.31. The molecule has 0 N–H and O–H groups in total. The Labute approximate surface area is 384 Å². The van der Waals surface area contributed by atoms with Crippen LogP contribution in [0.4, 0.5) is 0 Å². The number of rotatable bonds is 21. The highest BCUT2D eigenvalue weighted by molar-refractivity contribution is 5.79. The molecule has 0 unspecified atom stereocenters. The van der Waals surface area contributed by atoms with E-state index in [1.54, 1.807) is 0 Å². The third-order valence-corrected chi connectivity index (χ3v) is 13.0. The minimum absolute atomic E-state index is 0.141. The van der Waals surface area contributed by atoms with Gasteiger partial charge < -0.3 is 32.8 Å². The molecular weight excluding hydrogens is 817 g/mol. The van der Waals surface area contributed by atoms with Gasteiger partial charge >= 0.3 is 5.97 Å². The van der Waals surface area contributed by atoms with E-state index in [0.29, 0.717) is 51.2 Å². The number of para-hydroxylation sites is 2. The Balaban J connectivity index is 0.814. The number of imidazole rings is 2. The second-order valence-corrected chi connectivity index (χ2v) is 18.0. The molecule has 12 nitrogen and oxygen atoms in total. The fourth-order valence-electron chi connectivity index (χ4n) is 9.46. The van der Waals surface area contributed by atoms with Crippen LogP contribution in [0, 0.1) is 33.6 Å². The van der Waals surface area contributed by atoms with Gasteiger partial charge in [-0.1, -0.05) is 49.7 Å². The number of aromatic nitrogens is 4. The highest BCUT2D eigenvalue weighted by Crippen LogP contribution is 2.29. The van der Waals surface area contributed by atoms with Gasteiger partial charge in [0.15, 0.2) is 6.61 Å². The van der Waals surface area contributed by atoms with Crippen LogP contribution < -0.4 is 18.9 Å². The zero-order valence-corrected chi connectivity index (χ0v) is 39.3. The van der Waals surface area contributed by atoms with E-state index in [9.17, 15) is 4.79 Å². The molecule has 2 aliphatic heterocycles. The Hall–Kier alpha value is -5.59. The molecular formula is C53H68N6O6. The standard InChI is InChI=1S/C53H68N6O6/c1-6-29-61-44-16-18-45-48(34-44)59(28-32-64-53-40(4)14-11-15-41(53)5)49(54-45)36-57-25-20-42(21-26-57)22-30-62-51(60)37-65-43-17-19-47-46(33-43)55-50(35-56-23-8-7-9-24-56)58(47)27-31-63-52-38(2)12-10-13-39(52)3/h10-19,33-34,42H,6-9,20-32,35-37H2,1-5H3. The zero-order chi connectivity index (χ0) is 45.1. The van der Waals surface area contributed by atoms with Crippen molar-refractivity contribution in [1.82, 2.24) is 28.9 Å². The first-order chi connectivity index (χ1) is 31.7. The molecule has 4 aromatic carbocycles. The van der Waals surface area contributed by atoms with Crippen LogP contribution in [0.5, 0.6) is 23.0 Å². The van der Waals surface area contributed by atoms with Gasteiger partial charge in [-0.05, 0) is 145 Å². The summed E-state index contributed by atoms with van der Waals surface area (Å²) >= 11 is 0. The van der Waals surface area contributed by atoms with Gasteiger partial charge in [-0.15, -0.1) is 0 Å². The van der Waals surface area contributed by atoms with Gasteiger partial charge in [0.05, 0.1) is 61.5 Å². The molecule has 0 bridgehead atoms. The molecule has 0 saturated carbocycles. The van der Waals surface area contributed by atoms with Crippen molar-refractivity contribution in [2.75, 3.05) is 59.2 Å². The van der Waals surface area contributed by atoms with Crippen molar-refractivity contribution in [2.45, 2.75) is 106 Å². The number of benzene rings is 4. The predicted molar refractivity (Wildman–Crippen MR) is 256 cm³/mol. The van der Waals surface area contributed by atoms with Crippen molar-refractivity contribution < 1.29 is 28.5 Å². The van der Waals surface area contributed by atoms with Crippen molar-refractivity contribution in [3.05, 3.63) is 107 Å². The summed E-state index contributed by atoms with van der Waals surface area (Å²) < 4.78 is 34.9. The van der Waals surface area contributed by atoms with Crippen LogP contribution in [0.1, 0.15) is 85.8 Å². The maximum Gasteiger partial charge on any atom is 0.344 e. The number of hydrogen-bond donors (Lipinski definition) is 0. The van der Waals surface area contributed by atoms with Crippen molar-refractivity contribution >= 4 is 28.0 Å². The van der Waals surface area contributed by atoms with Crippen LogP contribution in [-0.4, -0.2) is 94.1 Å². The summed E-state index contributed by atoms with van der Waals surface area (Å²) in [6.07, 6.45) is 7.61. The number of piperidine rings is 2. The van der Waals surface area contributed by atoms with Crippen LogP contribution in [0.3, 0.4) is 0 Å². The van der Waals surface area contributed by atoms with Gasteiger partial charge in [0, 0.05) is 12.1 Å². The molecule has 0 atom stereocenters. The summed E-state index contributed by atoms with van der Waals surface area (Å²) in [5.41, 5.74) is 8.49. The van der Waals surface area contributed by atoms with Crippen LogP contribution in [0.25, 0.3) is 22.1 Å². The van der Waals surface area contributed by atoms with Crippen LogP contribution in [-0.2, 0) is 35.7 Å². The molecule has 2 fully saturated rings. The summed E-state index contributed by atoms with van der Waals surface area (Å²) in [6, 6.07) is 24.6. The first-order valence-electron chi connectivity index (χ1n) is 23.9. The van der Waals surface area contributed by atoms with Crippen LogP contribution in [0.2, 0.25) is 0 Å². The van der Waals surface area contributed by atoms with Gasteiger partial charge in [0.2, 0.25) is 0 Å². The fraction of sp³-hybridized carbons (Fsp3) is 0.491.